The number of para-hydroxylation sites is 1. The number of fused-ring (bicyclic) bond motifs is 1. The molecule has 0 amide bonds. The van der Waals surface area contributed by atoms with E-state index in [1.807, 2.05) is 22.8 Å². The van der Waals surface area contributed by atoms with Gasteiger partial charge in [0.25, 0.3) is 0 Å². The van der Waals surface area contributed by atoms with Gasteiger partial charge in [-0.25, -0.2) is 9.97 Å². The van der Waals surface area contributed by atoms with Gasteiger partial charge in [0.05, 0.1) is 17.8 Å². The fourth-order valence-electron chi connectivity index (χ4n) is 2.40. The number of rotatable bonds is 3. The SMILES string of the molecule is Cc1cccc2cc(C=O)n(Cc3cncnc3)c12. The van der Waals surface area contributed by atoms with Crippen LogP contribution in [0.2, 0.25) is 0 Å². The molecule has 0 aliphatic heterocycles. The van der Waals surface area contributed by atoms with Gasteiger partial charge in [0.1, 0.15) is 6.33 Å². The van der Waals surface area contributed by atoms with Crippen molar-refractivity contribution in [2.75, 3.05) is 0 Å². The molecule has 0 radical (unpaired) electrons. The summed E-state index contributed by atoms with van der Waals surface area (Å²) in [6.07, 6.45) is 5.93. The van der Waals surface area contributed by atoms with E-state index in [1.54, 1.807) is 12.4 Å². The minimum Gasteiger partial charge on any atom is -0.333 e. The third-order valence-electron chi connectivity index (χ3n) is 3.23. The normalized spacial score (nSPS) is 10.8. The van der Waals surface area contributed by atoms with Crippen LogP contribution in [0.1, 0.15) is 21.6 Å². The second kappa shape index (κ2) is 4.65. The van der Waals surface area contributed by atoms with E-state index < -0.39 is 0 Å². The van der Waals surface area contributed by atoms with Crippen molar-refractivity contribution in [3.05, 3.63) is 59.8 Å². The van der Waals surface area contributed by atoms with Crippen LogP contribution >= 0.6 is 0 Å². The molecule has 0 unspecified atom stereocenters. The van der Waals surface area contributed by atoms with E-state index in [9.17, 15) is 4.79 Å². The number of aromatic nitrogens is 3. The predicted octanol–water partition coefficient (Wildman–Crippen LogP) is 2.60. The maximum absolute atomic E-state index is 11.2. The Morgan fingerprint density at radius 3 is 2.79 bits per heavy atom. The van der Waals surface area contributed by atoms with Crippen LogP contribution in [-0.2, 0) is 6.54 Å². The smallest absolute Gasteiger partial charge is 0.166 e. The van der Waals surface area contributed by atoms with Crippen molar-refractivity contribution >= 4 is 17.2 Å². The quantitative estimate of drug-likeness (QED) is 0.672. The van der Waals surface area contributed by atoms with Gasteiger partial charge in [0.15, 0.2) is 6.29 Å². The summed E-state index contributed by atoms with van der Waals surface area (Å²) in [5, 5.41) is 1.08. The molecule has 1 aromatic carbocycles. The Hall–Kier alpha value is -2.49. The number of aldehydes is 1. The monoisotopic (exact) mass is 251 g/mol. The standard InChI is InChI=1S/C15H13N3O/c1-11-3-2-4-13-5-14(9-19)18(15(11)13)8-12-6-16-10-17-7-12/h2-7,9-10H,8H2,1H3. The Morgan fingerprint density at radius 1 is 1.26 bits per heavy atom. The van der Waals surface area contributed by atoms with Gasteiger partial charge in [-0.2, -0.15) is 0 Å². The molecule has 0 N–H and O–H groups in total. The summed E-state index contributed by atoms with van der Waals surface area (Å²) >= 11 is 0. The molecule has 0 saturated carbocycles. The molecule has 0 fully saturated rings. The highest BCUT2D eigenvalue weighted by Crippen LogP contribution is 2.23. The summed E-state index contributed by atoms with van der Waals surface area (Å²) in [5.74, 6) is 0. The average Bonchev–Trinajstić information content (AvgIpc) is 2.79. The Balaban J connectivity index is 2.18. The lowest BCUT2D eigenvalue weighted by molar-refractivity contribution is 0.111. The third kappa shape index (κ3) is 2.01. The van der Waals surface area contributed by atoms with E-state index in [2.05, 4.69) is 23.0 Å². The van der Waals surface area contributed by atoms with Gasteiger partial charge < -0.3 is 4.57 Å². The maximum atomic E-state index is 11.2. The summed E-state index contributed by atoms with van der Waals surface area (Å²) in [7, 11) is 0. The highest BCUT2D eigenvalue weighted by molar-refractivity contribution is 5.90. The molecule has 0 aliphatic rings. The molecule has 0 saturated heterocycles. The first-order valence-electron chi connectivity index (χ1n) is 6.07. The van der Waals surface area contributed by atoms with Gasteiger partial charge in [-0.3, -0.25) is 4.79 Å². The van der Waals surface area contributed by atoms with E-state index in [0.29, 0.717) is 12.2 Å². The lowest BCUT2D eigenvalue weighted by Gasteiger charge is -2.09. The summed E-state index contributed by atoms with van der Waals surface area (Å²) in [6.45, 7) is 2.65. The van der Waals surface area contributed by atoms with Crippen molar-refractivity contribution in [2.45, 2.75) is 13.5 Å². The molecule has 2 aromatic heterocycles. The summed E-state index contributed by atoms with van der Waals surface area (Å²) in [6, 6.07) is 7.99. The molecule has 94 valence electrons. The molecule has 4 nitrogen and oxygen atoms in total. The highest BCUT2D eigenvalue weighted by Gasteiger charge is 2.10. The van der Waals surface area contributed by atoms with Gasteiger partial charge in [-0.1, -0.05) is 18.2 Å². The topological polar surface area (TPSA) is 47.8 Å². The van der Waals surface area contributed by atoms with Crippen LogP contribution < -0.4 is 0 Å². The lowest BCUT2D eigenvalue weighted by atomic mass is 10.1. The van der Waals surface area contributed by atoms with Crippen LogP contribution in [0.3, 0.4) is 0 Å². The Labute approximate surface area is 110 Å². The number of hydrogen-bond acceptors (Lipinski definition) is 3. The Bertz CT molecular complexity index is 732. The van der Waals surface area contributed by atoms with Crippen LogP contribution in [0.4, 0.5) is 0 Å². The molecule has 4 heteroatoms. The van der Waals surface area contributed by atoms with Crippen molar-refractivity contribution in [2.24, 2.45) is 0 Å². The van der Waals surface area contributed by atoms with Crippen molar-refractivity contribution in [3.8, 4) is 0 Å². The third-order valence-corrected chi connectivity index (χ3v) is 3.23. The highest BCUT2D eigenvalue weighted by atomic mass is 16.1. The Kier molecular flexibility index (Phi) is 2.83. The zero-order valence-electron chi connectivity index (χ0n) is 10.6. The zero-order valence-corrected chi connectivity index (χ0v) is 10.6. The molecule has 2 heterocycles. The van der Waals surface area contributed by atoms with Crippen LogP contribution in [0.5, 0.6) is 0 Å². The van der Waals surface area contributed by atoms with Crippen molar-refractivity contribution in [1.29, 1.82) is 0 Å². The van der Waals surface area contributed by atoms with Crippen molar-refractivity contribution in [1.82, 2.24) is 14.5 Å². The molecule has 3 rings (SSSR count). The van der Waals surface area contributed by atoms with E-state index >= 15 is 0 Å². The van der Waals surface area contributed by atoms with E-state index in [-0.39, 0.29) is 0 Å². The van der Waals surface area contributed by atoms with Crippen LogP contribution in [0.15, 0.2) is 43.0 Å². The fourth-order valence-corrected chi connectivity index (χ4v) is 2.40. The van der Waals surface area contributed by atoms with E-state index in [0.717, 1.165) is 28.3 Å². The minimum atomic E-state index is 0.600. The fraction of sp³-hybridized carbons (Fsp3) is 0.133. The summed E-state index contributed by atoms with van der Waals surface area (Å²) in [5.41, 5.74) is 3.90. The second-order valence-corrected chi connectivity index (χ2v) is 4.53. The molecular weight excluding hydrogens is 238 g/mol. The Morgan fingerprint density at radius 2 is 2.05 bits per heavy atom. The van der Waals surface area contributed by atoms with E-state index in [1.165, 1.54) is 6.33 Å². The minimum absolute atomic E-state index is 0.600. The van der Waals surface area contributed by atoms with Gasteiger partial charge in [-0.05, 0) is 18.6 Å². The second-order valence-electron chi connectivity index (χ2n) is 4.53. The number of benzene rings is 1. The number of carbonyl (C=O) groups is 1. The number of hydrogen-bond donors (Lipinski definition) is 0. The van der Waals surface area contributed by atoms with Gasteiger partial charge >= 0.3 is 0 Å². The molecule has 0 atom stereocenters. The molecule has 0 aliphatic carbocycles. The van der Waals surface area contributed by atoms with Crippen LogP contribution in [0, 0.1) is 6.92 Å². The lowest BCUT2D eigenvalue weighted by Crippen LogP contribution is -2.05. The average molecular weight is 251 g/mol. The maximum Gasteiger partial charge on any atom is 0.166 e. The number of carbonyl (C=O) groups excluding carboxylic acids is 1. The number of nitrogens with zero attached hydrogens (tertiary/aromatic N) is 3. The van der Waals surface area contributed by atoms with E-state index in [4.69, 9.17) is 0 Å². The number of aryl methyl sites for hydroxylation is 1. The zero-order chi connectivity index (χ0) is 13.2. The molecule has 19 heavy (non-hydrogen) atoms. The first-order chi connectivity index (χ1) is 9.29. The molecule has 0 bridgehead atoms. The first-order valence-corrected chi connectivity index (χ1v) is 6.07. The summed E-state index contributed by atoms with van der Waals surface area (Å²) < 4.78 is 2.01. The predicted molar refractivity (Wildman–Crippen MR) is 73.2 cm³/mol. The first kappa shape index (κ1) is 11.6. The largest absolute Gasteiger partial charge is 0.333 e. The van der Waals surface area contributed by atoms with Crippen molar-refractivity contribution in [3.63, 3.8) is 0 Å². The molecular formula is C15H13N3O. The van der Waals surface area contributed by atoms with Crippen LogP contribution in [-0.4, -0.2) is 20.8 Å². The molecule has 3 aromatic rings. The van der Waals surface area contributed by atoms with Gasteiger partial charge in [0, 0.05) is 23.3 Å². The van der Waals surface area contributed by atoms with Crippen LogP contribution in [0.25, 0.3) is 10.9 Å². The van der Waals surface area contributed by atoms with Crippen molar-refractivity contribution < 1.29 is 4.79 Å². The molecule has 0 spiro atoms. The summed E-state index contributed by atoms with van der Waals surface area (Å²) in [4.78, 5) is 19.3. The van der Waals surface area contributed by atoms with Gasteiger partial charge in [-0.15, -0.1) is 0 Å². The van der Waals surface area contributed by atoms with Gasteiger partial charge in [0.2, 0.25) is 0 Å².